The average Bonchev–Trinajstić information content (AvgIpc) is 2.38. The van der Waals surface area contributed by atoms with Crippen LogP contribution in [0, 0.1) is 0 Å². The number of aromatic nitrogens is 2. The fourth-order valence-corrected chi connectivity index (χ4v) is 3.16. The summed E-state index contributed by atoms with van der Waals surface area (Å²) in [5.41, 5.74) is 0.0852. The second kappa shape index (κ2) is 5.42. The molecular formula is C14H17N3O2Si. The molecule has 1 amide bonds. The maximum Gasteiger partial charge on any atom is 0.346 e. The summed E-state index contributed by atoms with van der Waals surface area (Å²) in [6.07, 6.45) is 1.56. The van der Waals surface area contributed by atoms with Crippen molar-refractivity contribution in [1.29, 1.82) is 0 Å². The van der Waals surface area contributed by atoms with Gasteiger partial charge in [-0.25, -0.2) is 9.78 Å². The normalized spacial score (nSPS) is 11.2. The van der Waals surface area contributed by atoms with Crippen molar-refractivity contribution in [2.24, 2.45) is 0 Å². The molecule has 0 aliphatic heterocycles. The van der Waals surface area contributed by atoms with Gasteiger partial charge in [0.25, 0.3) is 5.91 Å². The number of nitrogens with one attached hydrogen (secondary N) is 2. The number of hydrogen-bond acceptors (Lipinski definition) is 3. The molecule has 1 heterocycles. The number of nitrogens with zero attached hydrogens (tertiary/aromatic N) is 1. The predicted molar refractivity (Wildman–Crippen MR) is 82.2 cm³/mol. The van der Waals surface area contributed by atoms with E-state index in [9.17, 15) is 9.59 Å². The van der Waals surface area contributed by atoms with Gasteiger partial charge in [0.2, 0.25) is 0 Å². The van der Waals surface area contributed by atoms with E-state index in [1.54, 1.807) is 30.5 Å². The zero-order valence-corrected chi connectivity index (χ0v) is 12.7. The van der Waals surface area contributed by atoms with E-state index in [0.717, 1.165) is 5.19 Å². The Morgan fingerprint density at radius 2 is 1.85 bits per heavy atom. The van der Waals surface area contributed by atoms with Crippen LogP contribution in [0.4, 0.5) is 5.82 Å². The third kappa shape index (κ3) is 3.21. The summed E-state index contributed by atoms with van der Waals surface area (Å²) in [6, 6.07) is 8.89. The monoisotopic (exact) mass is 287 g/mol. The van der Waals surface area contributed by atoms with E-state index in [1.165, 1.54) is 0 Å². The zero-order valence-electron chi connectivity index (χ0n) is 11.7. The van der Waals surface area contributed by atoms with Crippen molar-refractivity contribution in [3.8, 4) is 0 Å². The molecular weight excluding hydrogens is 270 g/mol. The van der Waals surface area contributed by atoms with Crippen molar-refractivity contribution < 1.29 is 4.79 Å². The third-order valence-electron chi connectivity index (χ3n) is 2.89. The number of amides is 1. The number of benzene rings is 1. The quantitative estimate of drug-likeness (QED) is 0.841. The molecule has 6 heteroatoms. The Morgan fingerprint density at radius 3 is 2.45 bits per heavy atom. The molecule has 0 aliphatic carbocycles. The highest BCUT2D eigenvalue weighted by Gasteiger charge is 2.22. The lowest BCUT2D eigenvalue weighted by Crippen LogP contribution is -2.42. The molecule has 0 aliphatic rings. The van der Waals surface area contributed by atoms with Crippen molar-refractivity contribution in [2.75, 3.05) is 5.32 Å². The molecule has 0 saturated carbocycles. The summed E-state index contributed by atoms with van der Waals surface area (Å²) in [7, 11) is -1.72. The largest absolute Gasteiger partial charge is 0.346 e. The van der Waals surface area contributed by atoms with E-state index < -0.39 is 13.8 Å². The number of carbonyl (C=O) groups is 1. The van der Waals surface area contributed by atoms with Gasteiger partial charge in [-0.3, -0.25) is 9.78 Å². The van der Waals surface area contributed by atoms with Gasteiger partial charge in [-0.1, -0.05) is 37.8 Å². The predicted octanol–water partition coefficient (Wildman–Crippen LogP) is 1.57. The number of rotatable bonds is 3. The number of anilines is 1. The van der Waals surface area contributed by atoms with Crippen LogP contribution < -0.4 is 16.2 Å². The van der Waals surface area contributed by atoms with Gasteiger partial charge < -0.3 is 5.32 Å². The standard InChI is InChI=1S/C14H17N3O2Si/c1-20(2,3)11-9-15-14(19)17-12(11)16-13(18)10-7-5-4-6-8-10/h4-9H,1-3H3,(H2,15,16,17,18,19). The summed E-state index contributed by atoms with van der Waals surface area (Å²) >= 11 is 0. The van der Waals surface area contributed by atoms with Crippen LogP contribution >= 0.6 is 0 Å². The Morgan fingerprint density at radius 1 is 1.20 bits per heavy atom. The lowest BCUT2D eigenvalue weighted by atomic mass is 10.2. The van der Waals surface area contributed by atoms with E-state index in [0.29, 0.717) is 11.4 Å². The van der Waals surface area contributed by atoms with E-state index in [4.69, 9.17) is 0 Å². The van der Waals surface area contributed by atoms with Crippen molar-refractivity contribution in [2.45, 2.75) is 19.6 Å². The number of aromatic amines is 1. The molecule has 0 spiro atoms. The van der Waals surface area contributed by atoms with Crippen LogP contribution in [-0.2, 0) is 0 Å². The first-order valence-electron chi connectivity index (χ1n) is 6.34. The maximum absolute atomic E-state index is 12.2. The Kier molecular flexibility index (Phi) is 3.85. The Bertz CT molecular complexity index is 675. The first kappa shape index (κ1) is 14.2. The lowest BCUT2D eigenvalue weighted by Gasteiger charge is -2.19. The van der Waals surface area contributed by atoms with Gasteiger partial charge in [0.05, 0.1) is 8.07 Å². The van der Waals surface area contributed by atoms with E-state index in [-0.39, 0.29) is 5.91 Å². The summed E-state index contributed by atoms with van der Waals surface area (Å²) in [6.45, 7) is 6.38. The Hall–Kier alpha value is -2.21. The lowest BCUT2D eigenvalue weighted by molar-refractivity contribution is 0.102. The van der Waals surface area contributed by atoms with Gasteiger partial charge in [0.15, 0.2) is 0 Å². The molecule has 0 saturated heterocycles. The number of carbonyl (C=O) groups excluding carboxylic acids is 1. The molecule has 0 fully saturated rings. The molecule has 0 radical (unpaired) electrons. The van der Waals surface area contributed by atoms with Crippen LogP contribution in [0.5, 0.6) is 0 Å². The highest BCUT2D eigenvalue weighted by molar-refractivity contribution is 6.89. The highest BCUT2D eigenvalue weighted by atomic mass is 28.3. The molecule has 20 heavy (non-hydrogen) atoms. The van der Waals surface area contributed by atoms with Crippen LogP contribution in [0.25, 0.3) is 0 Å². The van der Waals surface area contributed by atoms with Gasteiger partial charge in [0, 0.05) is 11.8 Å². The fraction of sp³-hybridized carbons (Fsp3) is 0.214. The van der Waals surface area contributed by atoms with E-state index >= 15 is 0 Å². The highest BCUT2D eigenvalue weighted by Crippen LogP contribution is 2.09. The molecule has 1 aromatic heterocycles. The van der Waals surface area contributed by atoms with Crippen molar-refractivity contribution in [3.63, 3.8) is 0 Å². The van der Waals surface area contributed by atoms with Crippen LogP contribution in [0.15, 0.2) is 41.3 Å². The van der Waals surface area contributed by atoms with Crippen LogP contribution in [0.2, 0.25) is 19.6 Å². The van der Waals surface area contributed by atoms with Crippen molar-refractivity contribution >= 4 is 25.0 Å². The van der Waals surface area contributed by atoms with E-state index in [2.05, 4.69) is 34.9 Å². The molecule has 0 atom stereocenters. The molecule has 2 rings (SSSR count). The van der Waals surface area contributed by atoms with Gasteiger partial charge in [-0.15, -0.1) is 0 Å². The molecule has 1 aromatic carbocycles. The zero-order chi connectivity index (χ0) is 14.8. The second-order valence-electron chi connectivity index (χ2n) is 5.55. The molecule has 2 N–H and O–H groups in total. The Balaban J connectivity index is 2.36. The van der Waals surface area contributed by atoms with Crippen LogP contribution in [0.3, 0.4) is 0 Å². The molecule has 104 valence electrons. The molecule has 2 aromatic rings. The topological polar surface area (TPSA) is 74.8 Å². The van der Waals surface area contributed by atoms with Gasteiger partial charge in [0.1, 0.15) is 5.82 Å². The van der Waals surface area contributed by atoms with Crippen LogP contribution in [0.1, 0.15) is 10.4 Å². The van der Waals surface area contributed by atoms with Gasteiger partial charge >= 0.3 is 5.69 Å². The fourth-order valence-electron chi connectivity index (χ4n) is 1.84. The minimum absolute atomic E-state index is 0.244. The minimum atomic E-state index is -1.72. The Labute approximate surface area is 118 Å². The summed E-state index contributed by atoms with van der Waals surface area (Å²) in [4.78, 5) is 29.9. The first-order valence-corrected chi connectivity index (χ1v) is 9.84. The third-order valence-corrected chi connectivity index (χ3v) is 4.89. The smallest absolute Gasteiger partial charge is 0.308 e. The second-order valence-corrected chi connectivity index (χ2v) is 10.6. The average molecular weight is 287 g/mol. The van der Waals surface area contributed by atoms with Crippen LogP contribution in [-0.4, -0.2) is 23.9 Å². The minimum Gasteiger partial charge on any atom is -0.308 e. The number of hydrogen-bond donors (Lipinski definition) is 2. The SMILES string of the molecule is C[Si](C)(C)c1cnc(=O)[nH]c1NC(=O)c1ccccc1. The number of H-pyrrole nitrogens is 1. The maximum atomic E-state index is 12.2. The van der Waals surface area contributed by atoms with Crippen molar-refractivity contribution in [1.82, 2.24) is 9.97 Å². The molecule has 0 bridgehead atoms. The first-order chi connectivity index (χ1) is 9.38. The summed E-state index contributed by atoms with van der Waals surface area (Å²) in [5.74, 6) is 0.213. The molecule has 0 unspecified atom stereocenters. The summed E-state index contributed by atoms with van der Waals surface area (Å²) < 4.78 is 0. The van der Waals surface area contributed by atoms with E-state index in [1.807, 2.05) is 6.07 Å². The molecule has 5 nitrogen and oxygen atoms in total. The summed E-state index contributed by atoms with van der Waals surface area (Å²) in [5, 5.41) is 3.69. The van der Waals surface area contributed by atoms with Crippen molar-refractivity contribution in [3.05, 3.63) is 52.6 Å². The van der Waals surface area contributed by atoms with Gasteiger partial charge in [-0.05, 0) is 17.3 Å². The van der Waals surface area contributed by atoms with Gasteiger partial charge in [-0.2, -0.15) is 0 Å².